The molecule has 1 aromatic heterocycles. The molecule has 2 nitrogen and oxygen atoms in total. The maximum absolute atomic E-state index is 5.70. The number of aryl methyl sites for hydroxylation is 1. The first-order valence-electron chi connectivity index (χ1n) is 5.50. The van der Waals surface area contributed by atoms with Crippen molar-refractivity contribution in [2.24, 2.45) is 11.7 Å². The average molecular weight is 202 g/mol. The van der Waals surface area contributed by atoms with Gasteiger partial charge in [0, 0.05) is 22.5 Å². The van der Waals surface area contributed by atoms with E-state index < -0.39 is 0 Å². The Morgan fingerprint density at radius 1 is 1.53 bits per heavy atom. The van der Waals surface area contributed by atoms with Crippen molar-refractivity contribution < 1.29 is 0 Å². The van der Waals surface area contributed by atoms with E-state index in [0.29, 0.717) is 0 Å². The van der Waals surface area contributed by atoms with E-state index in [1.54, 1.807) is 12.3 Å². The van der Waals surface area contributed by atoms with Crippen molar-refractivity contribution in [1.29, 1.82) is 0 Å². The Morgan fingerprint density at radius 3 is 3.00 bits per heavy atom. The number of hydrogen-bond acceptors (Lipinski definition) is 1. The monoisotopic (exact) mass is 202 g/mol. The van der Waals surface area contributed by atoms with Crippen LogP contribution < -0.4 is 16.3 Å². The fourth-order valence-corrected chi connectivity index (χ4v) is 2.36. The molecule has 2 rings (SSSR count). The summed E-state index contributed by atoms with van der Waals surface area (Å²) in [6.07, 6.45) is 9.05. The van der Waals surface area contributed by atoms with Gasteiger partial charge in [-0.15, -0.1) is 0 Å². The van der Waals surface area contributed by atoms with E-state index in [0.717, 1.165) is 29.3 Å². The Labute approximate surface area is 90.2 Å². The summed E-state index contributed by atoms with van der Waals surface area (Å²) >= 11 is 0. The van der Waals surface area contributed by atoms with Gasteiger partial charge in [-0.05, 0) is 36.8 Å². The van der Waals surface area contributed by atoms with Crippen molar-refractivity contribution in [3.8, 4) is 0 Å². The molecule has 2 heteroatoms. The van der Waals surface area contributed by atoms with E-state index in [1.807, 2.05) is 6.08 Å². The summed E-state index contributed by atoms with van der Waals surface area (Å²) in [6.45, 7) is 6.02. The molecule has 0 aliphatic heterocycles. The van der Waals surface area contributed by atoms with Crippen LogP contribution in [0.4, 0.5) is 0 Å². The second-order valence-corrected chi connectivity index (χ2v) is 4.33. The molecule has 0 saturated heterocycles. The van der Waals surface area contributed by atoms with E-state index in [9.17, 15) is 0 Å². The van der Waals surface area contributed by atoms with E-state index in [4.69, 9.17) is 5.73 Å². The first kappa shape index (κ1) is 10.1. The van der Waals surface area contributed by atoms with Gasteiger partial charge in [0.05, 0.1) is 0 Å². The summed E-state index contributed by atoms with van der Waals surface area (Å²) in [5, 5.41) is 2.27. The van der Waals surface area contributed by atoms with E-state index in [1.165, 1.54) is 17.7 Å². The molecule has 1 unspecified atom stereocenters. The van der Waals surface area contributed by atoms with Gasteiger partial charge in [-0.1, -0.05) is 19.6 Å². The highest BCUT2D eigenvalue weighted by molar-refractivity contribution is 5.41. The van der Waals surface area contributed by atoms with Gasteiger partial charge in [-0.3, -0.25) is 0 Å². The average Bonchev–Trinajstić information content (AvgIpc) is 2.55. The van der Waals surface area contributed by atoms with Gasteiger partial charge in [0.15, 0.2) is 0 Å². The largest absolute Gasteiger partial charge is 0.404 e. The molecule has 1 aliphatic carbocycles. The third kappa shape index (κ3) is 1.72. The van der Waals surface area contributed by atoms with Crippen molar-refractivity contribution in [1.82, 2.24) is 4.98 Å². The minimum absolute atomic E-state index is 0.767. The van der Waals surface area contributed by atoms with Crippen molar-refractivity contribution in [2.45, 2.75) is 26.2 Å². The highest BCUT2D eigenvalue weighted by Gasteiger charge is 2.17. The minimum Gasteiger partial charge on any atom is -0.404 e. The van der Waals surface area contributed by atoms with Gasteiger partial charge >= 0.3 is 0 Å². The number of rotatable bonds is 1. The van der Waals surface area contributed by atoms with E-state index in [2.05, 4.69) is 18.5 Å². The van der Waals surface area contributed by atoms with Crippen LogP contribution in [0.2, 0.25) is 0 Å². The lowest BCUT2D eigenvalue weighted by molar-refractivity contribution is 0.497. The van der Waals surface area contributed by atoms with Gasteiger partial charge in [-0.25, -0.2) is 0 Å². The molecule has 1 atom stereocenters. The summed E-state index contributed by atoms with van der Waals surface area (Å²) < 4.78 is 0. The summed E-state index contributed by atoms with van der Waals surface area (Å²) in [4.78, 5) is 3.44. The smallest absolute Gasteiger partial charge is 0.0473 e. The lowest BCUT2D eigenvalue weighted by Gasteiger charge is -2.17. The van der Waals surface area contributed by atoms with Crippen LogP contribution in [0.25, 0.3) is 12.3 Å². The first-order valence-corrected chi connectivity index (χ1v) is 5.50. The van der Waals surface area contributed by atoms with Crippen molar-refractivity contribution in [3.05, 3.63) is 34.5 Å². The second-order valence-electron chi connectivity index (χ2n) is 4.33. The van der Waals surface area contributed by atoms with Crippen LogP contribution in [0.5, 0.6) is 0 Å². The quantitative estimate of drug-likeness (QED) is 0.695. The number of aromatic amines is 1. The number of nitrogens with two attached hydrogens (primary N) is 1. The Morgan fingerprint density at radius 2 is 2.33 bits per heavy atom. The topological polar surface area (TPSA) is 41.8 Å². The Kier molecular flexibility index (Phi) is 2.67. The number of fused-ring (bicyclic) bond motifs is 1. The van der Waals surface area contributed by atoms with Gasteiger partial charge < -0.3 is 10.7 Å². The molecule has 1 aliphatic rings. The third-order valence-electron chi connectivity index (χ3n) is 3.16. The second kappa shape index (κ2) is 3.97. The molecule has 0 fully saturated rings. The zero-order valence-corrected chi connectivity index (χ0v) is 9.22. The Bertz CT molecular complexity index is 479. The lowest BCUT2D eigenvalue weighted by Crippen LogP contribution is -2.27. The van der Waals surface area contributed by atoms with Crippen LogP contribution in [0.1, 0.15) is 24.6 Å². The van der Waals surface area contributed by atoms with Gasteiger partial charge in [0.2, 0.25) is 0 Å². The van der Waals surface area contributed by atoms with Crippen molar-refractivity contribution >= 4 is 12.3 Å². The number of allylic oxidation sites excluding steroid dienone is 1. The third-order valence-corrected chi connectivity index (χ3v) is 3.16. The molecule has 0 amide bonds. The summed E-state index contributed by atoms with van der Waals surface area (Å²) in [7, 11) is 0. The van der Waals surface area contributed by atoms with Crippen LogP contribution in [0.15, 0.2) is 12.7 Å². The molecular weight excluding hydrogens is 184 g/mol. The predicted octanol–water partition coefficient (Wildman–Crippen LogP) is 0.803. The molecule has 0 spiro atoms. The number of aromatic nitrogens is 1. The van der Waals surface area contributed by atoms with Crippen molar-refractivity contribution in [2.75, 3.05) is 0 Å². The molecule has 1 aromatic rings. The van der Waals surface area contributed by atoms with E-state index >= 15 is 0 Å². The summed E-state index contributed by atoms with van der Waals surface area (Å²) in [5.41, 5.74) is 8.46. The van der Waals surface area contributed by atoms with Crippen LogP contribution >= 0.6 is 0 Å². The zero-order valence-electron chi connectivity index (χ0n) is 9.22. The molecule has 0 radical (unpaired) electrons. The molecule has 0 saturated carbocycles. The van der Waals surface area contributed by atoms with Gasteiger partial charge in [0.25, 0.3) is 0 Å². The Balaban J connectivity index is 2.65. The van der Waals surface area contributed by atoms with Gasteiger partial charge in [0.1, 0.15) is 0 Å². The van der Waals surface area contributed by atoms with Crippen LogP contribution in [-0.4, -0.2) is 4.98 Å². The molecule has 0 aromatic carbocycles. The summed E-state index contributed by atoms with van der Waals surface area (Å²) in [5.74, 6) is 0.767. The normalized spacial score (nSPS) is 22.9. The van der Waals surface area contributed by atoms with Crippen LogP contribution in [0.3, 0.4) is 0 Å². The Hall–Kier alpha value is -1.44. The number of nitrogens with one attached hydrogen (secondary N) is 1. The first-order chi connectivity index (χ1) is 7.26. The molecule has 80 valence electrons. The minimum atomic E-state index is 0.767. The highest BCUT2D eigenvalue weighted by atomic mass is 14.7. The van der Waals surface area contributed by atoms with Crippen LogP contribution in [-0.2, 0) is 12.8 Å². The molecule has 1 heterocycles. The molecular formula is C13H18N2. The standard InChI is InChI=1S/C13H18N2/c1-3-4-12-11(8-14)10-7-9(2)5-6-13(10)15-12/h3-4,8-9,15H,1,5-7,14H2,2H3/b11-8-,12-4+. The number of H-pyrrole nitrogens is 1. The fraction of sp³-hybridized carbons (Fsp3) is 0.385. The lowest BCUT2D eigenvalue weighted by atomic mass is 9.88. The fourth-order valence-electron chi connectivity index (χ4n) is 2.36. The maximum Gasteiger partial charge on any atom is 0.0473 e. The highest BCUT2D eigenvalue weighted by Crippen LogP contribution is 2.20. The molecule has 15 heavy (non-hydrogen) atoms. The van der Waals surface area contributed by atoms with E-state index in [-0.39, 0.29) is 0 Å². The predicted molar refractivity (Wildman–Crippen MR) is 64.5 cm³/mol. The molecule has 3 N–H and O–H groups in total. The summed E-state index contributed by atoms with van der Waals surface area (Å²) in [6, 6.07) is 0. The maximum atomic E-state index is 5.70. The van der Waals surface area contributed by atoms with Gasteiger partial charge in [-0.2, -0.15) is 0 Å². The van der Waals surface area contributed by atoms with Crippen LogP contribution in [0, 0.1) is 5.92 Å². The molecule has 0 bridgehead atoms. The van der Waals surface area contributed by atoms with Crippen molar-refractivity contribution in [3.63, 3.8) is 0 Å². The zero-order chi connectivity index (χ0) is 10.8. The SMILES string of the molecule is C=C/C=c1/[nH]c2c(/c1=C/N)CC(C)CC2. The number of hydrogen-bond donors (Lipinski definition) is 2.